The van der Waals surface area contributed by atoms with Gasteiger partial charge in [0, 0.05) is 27.8 Å². The van der Waals surface area contributed by atoms with Crippen molar-refractivity contribution in [1.82, 2.24) is 0 Å². The summed E-state index contributed by atoms with van der Waals surface area (Å²) >= 11 is 0. The van der Waals surface area contributed by atoms with Crippen molar-refractivity contribution in [2.45, 2.75) is 38.5 Å². The fraction of sp³-hybridized carbons (Fsp3) is 0.115. The first-order chi connectivity index (χ1) is 25.8. The molecule has 53 heavy (non-hydrogen) atoms. The van der Waals surface area contributed by atoms with Crippen molar-refractivity contribution in [3.05, 3.63) is 198 Å². The van der Waals surface area contributed by atoms with Crippen molar-refractivity contribution in [2.24, 2.45) is 0 Å². The Morgan fingerprint density at radius 3 is 1.62 bits per heavy atom. The molecule has 254 valence electrons. The van der Waals surface area contributed by atoms with Crippen LogP contribution in [0.1, 0.15) is 49.9 Å². The largest absolute Gasteiger partial charge is 0.310 e. The highest BCUT2D eigenvalue weighted by molar-refractivity contribution is 5.96. The van der Waals surface area contributed by atoms with Crippen LogP contribution in [-0.4, -0.2) is 0 Å². The van der Waals surface area contributed by atoms with E-state index in [0.717, 1.165) is 11.4 Å². The molecule has 0 fully saturated rings. The molecule has 0 atom stereocenters. The van der Waals surface area contributed by atoms with Gasteiger partial charge in [-0.25, -0.2) is 0 Å². The summed E-state index contributed by atoms with van der Waals surface area (Å²) in [5, 5.41) is 2.52. The zero-order valence-corrected chi connectivity index (χ0v) is 30.7. The van der Waals surface area contributed by atoms with Crippen molar-refractivity contribution in [2.75, 3.05) is 4.90 Å². The first-order valence-corrected chi connectivity index (χ1v) is 18.8. The third kappa shape index (κ3) is 4.77. The van der Waals surface area contributed by atoms with E-state index in [9.17, 15) is 0 Å². The molecule has 0 amide bonds. The Labute approximate surface area is 312 Å². The van der Waals surface area contributed by atoms with Crippen LogP contribution in [0.5, 0.6) is 0 Å². The lowest BCUT2D eigenvalue weighted by Crippen LogP contribution is -2.18. The summed E-state index contributed by atoms with van der Waals surface area (Å²) in [5.74, 6) is 0. The Balaban J connectivity index is 1.16. The van der Waals surface area contributed by atoms with Crippen LogP contribution in [0.2, 0.25) is 0 Å². The van der Waals surface area contributed by atoms with E-state index in [2.05, 4.69) is 209 Å². The summed E-state index contributed by atoms with van der Waals surface area (Å²) in [4.78, 5) is 2.48. The minimum atomic E-state index is -0.134. The molecule has 0 heterocycles. The molecule has 1 heteroatoms. The Morgan fingerprint density at radius 2 is 0.868 bits per heavy atom. The molecule has 2 aliphatic rings. The molecule has 0 bridgehead atoms. The second kappa shape index (κ2) is 11.7. The van der Waals surface area contributed by atoms with Crippen LogP contribution in [0.3, 0.4) is 0 Å². The normalized spacial score (nSPS) is 14.3. The van der Waals surface area contributed by atoms with E-state index in [4.69, 9.17) is 0 Å². The molecule has 0 N–H and O–H groups in total. The number of fused-ring (bicyclic) bond motifs is 7. The van der Waals surface area contributed by atoms with Gasteiger partial charge in [0.1, 0.15) is 0 Å². The first kappa shape index (κ1) is 31.5. The Morgan fingerprint density at radius 1 is 0.340 bits per heavy atom. The number of hydrogen-bond donors (Lipinski definition) is 0. The molecule has 1 nitrogen and oxygen atoms in total. The number of benzene rings is 8. The summed E-state index contributed by atoms with van der Waals surface area (Å²) in [7, 11) is 0. The fourth-order valence-corrected chi connectivity index (χ4v) is 9.40. The lowest BCUT2D eigenvalue weighted by molar-refractivity contribution is 0.660. The van der Waals surface area contributed by atoms with Crippen molar-refractivity contribution >= 4 is 27.8 Å². The summed E-state index contributed by atoms with van der Waals surface area (Å²) < 4.78 is 0. The van der Waals surface area contributed by atoms with Crippen LogP contribution in [0.25, 0.3) is 55.3 Å². The Kier molecular flexibility index (Phi) is 6.94. The smallest absolute Gasteiger partial charge is 0.0540 e. The molecule has 0 aliphatic heterocycles. The van der Waals surface area contributed by atoms with Crippen LogP contribution < -0.4 is 4.90 Å². The maximum Gasteiger partial charge on any atom is 0.0540 e. The van der Waals surface area contributed by atoms with Gasteiger partial charge in [-0.1, -0.05) is 167 Å². The van der Waals surface area contributed by atoms with Crippen LogP contribution >= 0.6 is 0 Å². The topological polar surface area (TPSA) is 3.24 Å². The number of hydrogen-bond acceptors (Lipinski definition) is 1. The standard InChI is InChI=1S/C52H41N/c1-51(2)46-21-10-7-16-40(46)42-31-30-39(33-48(42)51)53(38-28-26-35(27-29-38)37-25-24-34-14-5-6-15-36(34)32-37)49-23-12-9-18-43(49)45-20-13-19-44-41-17-8-11-22-47(41)52(3,4)50(44)45/h5-33H,1-4H3. The van der Waals surface area contributed by atoms with Gasteiger partial charge in [-0.05, 0) is 108 Å². The maximum atomic E-state index is 2.48. The first-order valence-electron chi connectivity index (χ1n) is 18.8. The maximum absolute atomic E-state index is 2.48. The molecule has 0 saturated carbocycles. The fourth-order valence-electron chi connectivity index (χ4n) is 9.40. The monoisotopic (exact) mass is 679 g/mol. The van der Waals surface area contributed by atoms with E-state index < -0.39 is 0 Å². The van der Waals surface area contributed by atoms with Crippen LogP contribution in [0.4, 0.5) is 17.1 Å². The summed E-state index contributed by atoms with van der Waals surface area (Å²) in [5.41, 5.74) is 19.0. The van der Waals surface area contributed by atoms with Gasteiger partial charge in [-0.2, -0.15) is 0 Å². The SMILES string of the molecule is CC1(C)c2ccccc2-c2ccc(N(c3ccc(-c4ccc5ccccc5c4)cc3)c3ccccc3-c3cccc4c3C(C)(C)c3ccccc3-4)cc21. The van der Waals surface area contributed by atoms with Crippen LogP contribution in [0, 0.1) is 0 Å². The van der Waals surface area contributed by atoms with E-state index in [0.29, 0.717) is 0 Å². The third-order valence-corrected chi connectivity index (χ3v) is 12.0. The molecule has 2 aliphatic carbocycles. The molecular formula is C52H41N. The lowest BCUT2D eigenvalue weighted by atomic mass is 9.78. The molecule has 0 spiro atoms. The zero-order valence-electron chi connectivity index (χ0n) is 30.7. The summed E-state index contributed by atoms with van der Waals surface area (Å²) in [6.45, 7) is 9.50. The van der Waals surface area contributed by atoms with Gasteiger partial charge in [0.15, 0.2) is 0 Å². The summed E-state index contributed by atoms with van der Waals surface area (Å²) in [6, 6.07) is 65.3. The van der Waals surface area contributed by atoms with Crippen LogP contribution in [-0.2, 0) is 10.8 Å². The zero-order chi connectivity index (χ0) is 35.9. The van der Waals surface area contributed by atoms with Gasteiger partial charge < -0.3 is 4.90 Å². The summed E-state index contributed by atoms with van der Waals surface area (Å²) in [6.07, 6.45) is 0. The van der Waals surface area contributed by atoms with Gasteiger partial charge in [0.05, 0.1) is 5.69 Å². The third-order valence-electron chi connectivity index (χ3n) is 12.0. The Bertz CT molecular complexity index is 2730. The minimum Gasteiger partial charge on any atom is -0.310 e. The quantitative estimate of drug-likeness (QED) is 0.175. The van der Waals surface area contributed by atoms with Crippen molar-refractivity contribution in [1.29, 1.82) is 0 Å². The second-order valence-electron chi connectivity index (χ2n) is 15.8. The second-order valence-corrected chi connectivity index (χ2v) is 15.8. The van der Waals surface area contributed by atoms with E-state index in [1.54, 1.807) is 0 Å². The van der Waals surface area contributed by atoms with Gasteiger partial charge in [0.2, 0.25) is 0 Å². The van der Waals surface area contributed by atoms with E-state index >= 15 is 0 Å². The highest BCUT2D eigenvalue weighted by Crippen LogP contribution is 2.55. The van der Waals surface area contributed by atoms with Gasteiger partial charge >= 0.3 is 0 Å². The van der Waals surface area contributed by atoms with E-state index in [1.165, 1.54) is 83.2 Å². The predicted molar refractivity (Wildman–Crippen MR) is 225 cm³/mol. The molecule has 0 unspecified atom stereocenters. The van der Waals surface area contributed by atoms with Crippen molar-refractivity contribution < 1.29 is 0 Å². The average molecular weight is 680 g/mol. The highest BCUT2D eigenvalue weighted by atomic mass is 15.1. The van der Waals surface area contributed by atoms with Crippen LogP contribution in [0.15, 0.2) is 176 Å². The van der Waals surface area contributed by atoms with Crippen molar-refractivity contribution in [3.8, 4) is 44.5 Å². The number of nitrogens with zero attached hydrogens (tertiary/aromatic N) is 1. The molecular weight excluding hydrogens is 639 g/mol. The number of rotatable bonds is 5. The molecule has 8 aromatic rings. The number of anilines is 3. The molecule has 0 aromatic heterocycles. The predicted octanol–water partition coefficient (Wildman–Crippen LogP) is 14.3. The van der Waals surface area contributed by atoms with E-state index in [-0.39, 0.29) is 10.8 Å². The van der Waals surface area contributed by atoms with E-state index in [1.807, 2.05) is 0 Å². The van der Waals surface area contributed by atoms with Crippen molar-refractivity contribution in [3.63, 3.8) is 0 Å². The van der Waals surface area contributed by atoms with Gasteiger partial charge in [-0.3, -0.25) is 0 Å². The highest BCUT2D eigenvalue weighted by Gasteiger charge is 2.39. The molecule has 8 aromatic carbocycles. The average Bonchev–Trinajstić information content (AvgIpc) is 3.58. The molecule has 0 saturated heterocycles. The molecule has 0 radical (unpaired) electrons. The lowest BCUT2D eigenvalue weighted by Gasteiger charge is -2.31. The number of para-hydroxylation sites is 1. The van der Waals surface area contributed by atoms with Gasteiger partial charge in [-0.15, -0.1) is 0 Å². The van der Waals surface area contributed by atoms with Gasteiger partial charge in [0.25, 0.3) is 0 Å². The Hall–Kier alpha value is -6.18. The molecule has 10 rings (SSSR count). The minimum absolute atomic E-state index is 0.108.